The maximum Gasteiger partial charge on any atom is 0.231 e. The lowest BCUT2D eigenvalue weighted by Crippen LogP contribution is -2.25. The second-order valence-electron chi connectivity index (χ2n) is 5.88. The predicted octanol–water partition coefficient (Wildman–Crippen LogP) is 3.63. The number of rotatable bonds is 4. The standard InChI is InChI=1S/C19H21NO3/c1-3-6-12-9-16(21)19(17(22)10-12)13-7-5-8-15-14(13)11-18(23)20(15)4-2/h5,7-10,21-22H,3-4,6,11H2,1-2H3. The number of carbonyl (C=O) groups excluding carboxylic acids is 1. The highest BCUT2D eigenvalue weighted by molar-refractivity contribution is 6.04. The molecular formula is C19H21NO3. The van der Waals surface area contributed by atoms with Crippen LogP contribution in [0.25, 0.3) is 11.1 Å². The van der Waals surface area contributed by atoms with E-state index in [1.165, 1.54) is 0 Å². The summed E-state index contributed by atoms with van der Waals surface area (Å²) in [5.74, 6) is 0.171. The van der Waals surface area contributed by atoms with E-state index in [0.717, 1.165) is 35.2 Å². The van der Waals surface area contributed by atoms with Gasteiger partial charge in [0.15, 0.2) is 0 Å². The third-order valence-corrected chi connectivity index (χ3v) is 4.35. The number of hydrogen-bond acceptors (Lipinski definition) is 3. The van der Waals surface area contributed by atoms with E-state index in [2.05, 4.69) is 6.92 Å². The Labute approximate surface area is 136 Å². The fourth-order valence-electron chi connectivity index (χ4n) is 3.35. The number of aryl methyl sites for hydroxylation is 1. The van der Waals surface area contributed by atoms with E-state index in [1.807, 2.05) is 25.1 Å². The fraction of sp³-hybridized carbons (Fsp3) is 0.316. The van der Waals surface area contributed by atoms with Gasteiger partial charge in [0.05, 0.1) is 12.0 Å². The maximum absolute atomic E-state index is 12.2. The molecule has 120 valence electrons. The summed E-state index contributed by atoms with van der Waals surface area (Å²) in [6.07, 6.45) is 2.05. The van der Waals surface area contributed by atoms with Crippen LogP contribution in [0, 0.1) is 0 Å². The summed E-state index contributed by atoms with van der Waals surface area (Å²) in [6, 6.07) is 9.01. The van der Waals surface area contributed by atoms with Crippen molar-refractivity contribution >= 4 is 11.6 Å². The molecule has 0 saturated heterocycles. The quantitative estimate of drug-likeness (QED) is 0.906. The molecule has 1 heterocycles. The number of amides is 1. The average molecular weight is 311 g/mol. The number of nitrogens with zero attached hydrogens (tertiary/aromatic N) is 1. The van der Waals surface area contributed by atoms with Gasteiger partial charge in [0.1, 0.15) is 11.5 Å². The lowest BCUT2D eigenvalue weighted by Gasteiger charge is -2.16. The van der Waals surface area contributed by atoms with Crippen molar-refractivity contribution in [2.45, 2.75) is 33.1 Å². The highest BCUT2D eigenvalue weighted by atomic mass is 16.3. The van der Waals surface area contributed by atoms with Gasteiger partial charge in [-0.25, -0.2) is 0 Å². The van der Waals surface area contributed by atoms with Gasteiger partial charge in [0.25, 0.3) is 0 Å². The minimum absolute atomic E-state index is 0.0523. The van der Waals surface area contributed by atoms with Gasteiger partial charge in [0.2, 0.25) is 5.91 Å². The molecule has 1 amide bonds. The van der Waals surface area contributed by atoms with Crippen molar-refractivity contribution in [3.63, 3.8) is 0 Å². The Balaban J connectivity index is 2.15. The van der Waals surface area contributed by atoms with E-state index in [9.17, 15) is 15.0 Å². The first-order valence-electron chi connectivity index (χ1n) is 8.04. The lowest BCUT2D eigenvalue weighted by atomic mass is 9.94. The summed E-state index contributed by atoms with van der Waals surface area (Å²) in [5, 5.41) is 20.8. The summed E-state index contributed by atoms with van der Waals surface area (Å²) in [6.45, 7) is 4.61. The maximum atomic E-state index is 12.2. The van der Waals surface area contributed by atoms with Crippen molar-refractivity contribution in [1.82, 2.24) is 0 Å². The molecule has 0 aromatic heterocycles. The van der Waals surface area contributed by atoms with E-state index in [1.54, 1.807) is 17.0 Å². The predicted molar refractivity (Wildman–Crippen MR) is 90.9 cm³/mol. The number of fused-ring (bicyclic) bond motifs is 1. The molecule has 23 heavy (non-hydrogen) atoms. The third kappa shape index (κ3) is 2.54. The molecule has 3 rings (SSSR count). The number of hydrogen-bond donors (Lipinski definition) is 2. The van der Waals surface area contributed by atoms with Gasteiger partial charge < -0.3 is 15.1 Å². The minimum Gasteiger partial charge on any atom is -0.507 e. The Kier molecular flexibility index (Phi) is 3.99. The van der Waals surface area contributed by atoms with E-state index in [-0.39, 0.29) is 17.4 Å². The van der Waals surface area contributed by atoms with Crippen LogP contribution in [0.3, 0.4) is 0 Å². The molecule has 0 saturated carbocycles. The van der Waals surface area contributed by atoms with Crippen molar-refractivity contribution in [2.24, 2.45) is 0 Å². The van der Waals surface area contributed by atoms with Crippen molar-refractivity contribution < 1.29 is 15.0 Å². The zero-order chi connectivity index (χ0) is 16.6. The van der Waals surface area contributed by atoms with Crippen LogP contribution in [0.4, 0.5) is 5.69 Å². The molecule has 0 fully saturated rings. The molecule has 0 spiro atoms. The Morgan fingerprint density at radius 2 is 1.83 bits per heavy atom. The summed E-state index contributed by atoms with van der Waals surface area (Å²) < 4.78 is 0. The van der Waals surface area contributed by atoms with Crippen LogP contribution in [0.5, 0.6) is 11.5 Å². The zero-order valence-corrected chi connectivity index (χ0v) is 13.5. The SMILES string of the molecule is CCCc1cc(O)c(-c2cccc3c2CC(=O)N3CC)c(O)c1. The van der Waals surface area contributed by atoms with Crippen LogP contribution in [0.15, 0.2) is 30.3 Å². The summed E-state index contributed by atoms with van der Waals surface area (Å²) in [5.41, 5.74) is 3.78. The Morgan fingerprint density at radius 3 is 2.43 bits per heavy atom. The van der Waals surface area contributed by atoms with Crippen molar-refractivity contribution in [1.29, 1.82) is 0 Å². The van der Waals surface area contributed by atoms with Crippen LogP contribution in [-0.4, -0.2) is 22.7 Å². The van der Waals surface area contributed by atoms with Crippen LogP contribution in [0.2, 0.25) is 0 Å². The summed E-state index contributed by atoms with van der Waals surface area (Å²) >= 11 is 0. The van der Waals surface area contributed by atoms with Gasteiger partial charge in [-0.3, -0.25) is 4.79 Å². The number of benzene rings is 2. The fourth-order valence-corrected chi connectivity index (χ4v) is 3.35. The van der Waals surface area contributed by atoms with Crippen molar-refractivity contribution in [3.05, 3.63) is 41.5 Å². The number of carbonyl (C=O) groups is 1. The van der Waals surface area contributed by atoms with E-state index >= 15 is 0 Å². The number of aromatic hydroxyl groups is 2. The van der Waals surface area contributed by atoms with E-state index in [0.29, 0.717) is 18.5 Å². The van der Waals surface area contributed by atoms with Crippen LogP contribution < -0.4 is 4.90 Å². The Hall–Kier alpha value is -2.49. The van der Waals surface area contributed by atoms with Crippen molar-refractivity contribution in [2.75, 3.05) is 11.4 Å². The molecule has 0 unspecified atom stereocenters. The molecular weight excluding hydrogens is 290 g/mol. The van der Waals surface area contributed by atoms with E-state index in [4.69, 9.17) is 0 Å². The molecule has 2 aromatic rings. The highest BCUT2D eigenvalue weighted by Crippen LogP contribution is 2.44. The highest BCUT2D eigenvalue weighted by Gasteiger charge is 2.29. The van der Waals surface area contributed by atoms with Crippen LogP contribution in [-0.2, 0) is 17.6 Å². The molecule has 0 radical (unpaired) electrons. The largest absolute Gasteiger partial charge is 0.507 e. The molecule has 0 bridgehead atoms. The smallest absolute Gasteiger partial charge is 0.231 e. The zero-order valence-electron chi connectivity index (χ0n) is 13.5. The van der Waals surface area contributed by atoms with Gasteiger partial charge >= 0.3 is 0 Å². The van der Waals surface area contributed by atoms with Gasteiger partial charge in [-0.15, -0.1) is 0 Å². The monoisotopic (exact) mass is 311 g/mol. The van der Waals surface area contributed by atoms with Gasteiger partial charge in [0, 0.05) is 12.2 Å². The summed E-state index contributed by atoms with van der Waals surface area (Å²) in [7, 11) is 0. The topological polar surface area (TPSA) is 60.8 Å². The second-order valence-corrected chi connectivity index (χ2v) is 5.88. The average Bonchev–Trinajstić information content (AvgIpc) is 2.83. The number of likely N-dealkylation sites (N-methyl/N-ethyl adjacent to an activating group) is 1. The van der Waals surface area contributed by atoms with Gasteiger partial charge in [-0.1, -0.05) is 25.5 Å². The second kappa shape index (κ2) is 5.95. The minimum atomic E-state index is 0.0523. The first-order valence-corrected chi connectivity index (χ1v) is 8.04. The molecule has 1 aliphatic heterocycles. The first-order chi connectivity index (χ1) is 11.1. The van der Waals surface area contributed by atoms with Crippen LogP contribution in [0.1, 0.15) is 31.4 Å². The van der Waals surface area contributed by atoms with Gasteiger partial charge in [-0.2, -0.15) is 0 Å². The molecule has 0 aliphatic carbocycles. The Morgan fingerprint density at radius 1 is 1.13 bits per heavy atom. The first kappa shape index (κ1) is 15.4. The Bertz CT molecular complexity index is 744. The van der Waals surface area contributed by atoms with Crippen molar-refractivity contribution in [3.8, 4) is 22.6 Å². The molecule has 4 nitrogen and oxygen atoms in total. The molecule has 0 atom stereocenters. The molecule has 2 aromatic carbocycles. The van der Waals surface area contributed by atoms with E-state index < -0.39 is 0 Å². The lowest BCUT2D eigenvalue weighted by molar-refractivity contribution is -0.117. The number of phenolic OH excluding ortho intramolecular Hbond substituents is 2. The van der Waals surface area contributed by atoms with Gasteiger partial charge in [-0.05, 0) is 48.2 Å². The third-order valence-electron chi connectivity index (χ3n) is 4.35. The summed E-state index contributed by atoms with van der Waals surface area (Å²) in [4.78, 5) is 13.9. The number of phenols is 2. The number of anilines is 1. The molecule has 1 aliphatic rings. The molecule has 4 heteroatoms. The normalized spacial score (nSPS) is 13.5. The van der Waals surface area contributed by atoms with Crippen LogP contribution >= 0.6 is 0 Å². The molecule has 2 N–H and O–H groups in total.